The van der Waals surface area contributed by atoms with E-state index in [1.54, 1.807) is 0 Å². The zero-order valence-electron chi connectivity index (χ0n) is 11.9. The van der Waals surface area contributed by atoms with Crippen LogP contribution in [-0.4, -0.2) is 16.6 Å². The van der Waals surface area contributed by atoms with E-state index in [-0.39, 0.29) is 23.7 Å². The van der Waals surface area contributed by atoms with Gasteiger partial charge in [0.25, 0.3) is 0 Å². The van der Waals surface area contributed by atoms with Gasteiger partial charge in [-0.3, -0.25) is 14.9 Å². The number of fused-ring (bicyclic) bond motifs is 1. The predicted octanol–water partition coefficient (Wildman–Crippen LogP) is 2.98. The Labute approximate surface area is 133 Å². The lowest BCUT2D eigenvalue weighted by Crippen LogP contribution is -2.54. The number of rotatable bonds is 3. The van der Waals surface area contributed by atoms with E-state index < -0.39 is 4.75 Å². The van der Waals surface area contributed by atoms with Gasteiger partial charge >= 0.3 is 0 Å². The molecule has 1 unspecified atom stereocenters. The third-order valence-electron chi connectivity index (χ3n) is 4.65. The Morgan fingerprint density at radius 2 is 1.55 bits per heavy atom. The summed E-state index contributed by atoms with van der Waals surface area (Å²) in [6.07, 6.45) is 0.738. The minimum atomic E-state index is -0.695. The molecule has 1 N–H and O–H groups in total. The Kier molecular flexibility index (Phi) is 3.08. The standard InChI is InChI=1S/C18H15NO2S/c20-16-15-11-14(12-7-3-1-4-8-12)18(15,17(21)19-16)22-13-9-5-2-6-10-13/h1-10,14-15H,11H2,(H,19,20,21)/t14?,15-,18+/m1/s1. The monoisotopic (exact) mass is 309 g/mol. The predicted molar refractivity (Wildman–Crippen MR) is 85.5 cm³/mol. The van der Waals surface area contributed by atoms with Gasteiger partial charge < -0.3 is 0 Å². The first-order valence-corrected chi connectivity index (χ1v) is 8.18. The summed E-state index contributed by atoms with van der Waals surface area (Å²) in [6.45, 7) is 0. The van der Waals surface area contributed by atoms with Crippen LogP contribution in [0.2, 0.25) is 0 Å². The summed E-state index contributed by atoms with van der Waals surface area (Å²) < 4.78 is -0.695. The van der Waals surface area contributed by atoms with Crippen molar-refractivity contribution >= 4 is 23.6 Å². The number of carbonyl (C=O) groups is 2. The van der Waals surface area contributed by atoms with Crippen LogP contribution < -0.4 is 5.32 Å². The largest absolute Gasteiger partial charge is 0.295 e. The maximum atomic E-state index is 12.6. The van der Waals surface area contributed by atoms with Crippen molar-refractivity contribution in [3.8, 4) is 0 Å². The molecular weight excluding hydrogens is 294 g/mol. The molecule has 2 aromatic carbocycles. The number of amides is 2. The highest BCUT2D eigenvalue weighted by molar-refractivity contribution is 8.01. The summed E-state index contributed by atoms with van der Waals surface area (Å²) in [5.41, 5.74) is 1.13. The molecular formula is C18H15NO2S. The molecule has 0 radical (unpaired) electrons. The molecule has 1 aliphatic carbocycles. The molecule has 3 nitrogen and oxygen atoms in total. The summed E-state index contributed by atoms with van der Waals surface area (Å²) in [5, 5.41) is 2.54. The fourth-order valence-corrected chi connectivity index (χ4v) is 5.07. The molecule has 1 saturated carbocycles. The fraction of sp³-hybridized carbons (Fsp3) is 0.222. The van der Waals surface area contributed by atoms with E-state index in [0.29, 0.717) is 0 Å². The molecule has 2 amide bonds. The number of thioether (sulfide) groups is 1. The van der Waals surface area contributed by atoms with E-state index in [0.717, 1.165) is 16.9 Å². The van der Waals surface area contributed by atoms with Gasteiger partial charge in [-0.1, -0.05) is 48.5 Å². The smallest absolute Gasteiger partial charge is 0.244 e. The summed E-state index contributed by atoms with van der Waals surface area (Å²) in [4.78, 5) is 25.7. The molecule has 4 heteroatoms. The maximum absolute atomic E-state index is 12.6. The first-order valence-electron chi connectivity index (χ1n) is 7.36. The molecule has 1 heterocycles. The lowest BCUT2D eigenvalue weighted by Gasteiger charge is -2.48. The van der Waals surface area contributed by atoms with Crippen molar-refractivity contribution in [2.45, 2.75) is 22.0 Å². The second kappa shape index (κ2) is 4.99. The first-order chi connectivity index (χ1) is 10.7. The molecule has 3 atom stereocenters. The lowest BCUT2D eigenvalue weighted by molar-refractivity contribution is -0.125. The molecule has 0 bridgehead atoms. The number of nitrogens with one attached hydrogen (secondary N) is 1. The molecule has 110 valence electrons. The van der Waals surface area contributed by atoms with Gasteiger partial charge in [0.2, 0.25) is 11.8 Å². The third-order valence-corrected chi connectivity index (χ3v) is 6.25. The third kappa shape index (κ3) is 1.83. The second-order valence-corrected chi connectivity index (χ2v) is 7.13. The maximum Gasteiger partial charge on any atom is 0.244 e. The average Bonchev–Trinajstić information content (AvgIpc) is 2.69. The van der Waals surface area contributed by atoms with E-state index in [2.05, 4.69) is 5.32 Å². The quantitative estimate of drug-likeness (QED) is 0.887. The van der Waals surface area contributed by atoms with E-state index in [9.17, 15) is 9.59 Å². The molecule has 2 aromatic rings. The first kappa shape index (κ1) is 13.6. The van der Waals surface area contributed by atoms with Crippen LogP contribution in [0.25, 0.3) is 0 Å². The SMILES string of the molecule is O=C1NC(=O)[C@]2(Sc3ccccc3)C(c3ccccc3)C[C@H]12. The van der Waals surface area contributed by atoms with Crippen LogP contribution in [0.1, 0.15) is 17.9 Å². The zero-order valence-corrected chi connectivity index (χ0v) is 12.7. The lowest BCUT2D eigenvalue weighted by atomic mass is 9.62. The molecule has 2 aliphatic rings. The highest BCUT2D eigenvalue weighted by Crippen LogP contribution is 2.62. The topological polar surface area (TPSA) is 46.2 Å². The molecule has 0 aromatic heterocycles. The van der Waals surface area contributed by atoms with Crippen LogP contribution >= 0.6 is 11.8 Å². The van der Waals surface area contributed by atoms with Gasteiger partial charge in [-0.25, -0.2) is 0 Å². The minimum absolute atomic E-state index is 0.0790. The van der Waals surface area contributed by atoms with Crippen LogP contribution in [0.4, 0.5) is 0 Å². The van der Waals surface area contributed by atoms with E-state index >= 15 is 0 Å². The molecule has 4 rings (SSSR count). The van der Waals surface area contributed by atoms with E-state index in [1.165, 1.54) is 11.8 Å². The number of hydrogen-bond donors (Lipinski definition) is 1. The number of hydrogen-bond acceptors (Lipinski definition) is 3. The van der Waals surface area contributed by atoms with Crippen molar-refractivity contribution in [3.05, 3.63) is 66.2 Å². The van der Waals surface area contributed by atoms with E-state index in [4.69, 9.17) is 0 Å². The van der Waals surface area contributed by atoms with Crippen LogP contribution in [0.15, 0.2) is 65.6 Å². The molecule has 0 spiro atoms. The van der Waals surface area contributed by atoms with Gasteiger partial charge in [0.05, 0.1) is 5.92 Å². The highest BCUT2D eigenvalue weighted by Gasteiger charge is 2.68. The van der Waals surface area contributed by atoms with Crippen molar-refractivity contribution < 1.29 is 9.59 Å². The van der Waals surface area contributed by atoms with Gasteiger partial charge in [0.15, 0.2) is 0 Å². The van der Waals surface area contributed by atoms with Gasteiger partial charge in [-0.15, -0.1) is 11.8 Å². The number of benzene rings is 2. The Morgan fingerprint density at radius 3 is 2.18 bits per heavy atom. The summed E-state index contributed by atoms with van der Waals surface area (Å²) in [7, 11) is 0. The van der Waals surface area contributed by atoms with Gasteiger partial charge in [0.1, 0.15) is 4.75 Å². The zero-order chi connectivity index (χ0) is 15.2. The minimum Gasteiger partial charge on any atom is -0.295 e. The van der Waals surface area contributed by atoms with Crippen molar-refractivity contribution in [3.63, 3.8) is 0 Å². The normalized spacial score (nSPS) is 29.6. The Morgan fingerprint density at radius 1 is 0.909 bits per heavy atom. The number of carbonyl (C=O) groups excluding carboxylic acids is 2. The van der Waals surface area contributed by atoms with E-state index in [1.807, 2.05) is 60.7 Å². The molecule has 1 saturated heterocycles. The summed E-state index contributed by atoms with van der Waals surface area (Å²) in [6, 6.07) is 19.9. The Bertz CT molecular complexity index is 731. The van der Waals surface area contributed by atoms with Gasteiger partial charge in [-0.05, 0) is 24.1 Å². The van der Waals surface area contributed by atoms with Crippen LogP contribution in [0.5, 0.6) is 0 Å². The van der Waals surface area contributed by atoms with Crippen LogP contribution in [0.3, 0.4) is 0 Å². The molecule has 22 heavy (non-hydrogen) atoms. The average molecular weight is 309 g/mol. The summed E-state index contributed by atoms with van der Waals surface area (Å²) in [5.74, 6) is -0.414. The molecule has 1 aliphatic heterocycles. The van der Waals surface area contributed by atoms with Gasteiger partial charge in [0, 0.05) is 10.8 Å². The Balaban J connectivity index is 1.76. The van der Waals surface area contributed by atoms with Crippen LogP contribution in [-0.2, 0) is 9.59 Å². The van der Waals surface area contributed by atoms with Crippen molar-refractivity contribution in [2.75, 3.05) is 0 Å². The number of imide groups is 1. The van der Waals surface area contributed by atoms with Gasteiger partial charge in [-0.2, -0.15) is 0 Å². The second-order valence-electron chi connectivity index (χ2n) is 5.78. The van der Waals surface area contributed by atoms with Crippen molar-refractivity contribution in [2.24, 2.45) is 5.92 Å². The van der Waals surface area contributed by atoms with Crippen molar-refractivity contribution in [1.82, 2.24) is 5.32 Å². The van der Waals surface area contributed by atoms with Crippen molar-refractivity contribution in [1.29, 1.82) is 0 Å². The fourth-order valence-electron chi connectivity index (χ4n) is 3.52. The Hall–Kier alpha value is -2.07. The summed E-state index contributed by atoms with van der Waals surface area (Å²) >= 11 is 1.53. The highest BCUT2D eigenvalue weighted by atomic mass is 32.2. The molecule has 2 fully saturated rings. The van der Waals surface area contributed by atoms with Crippen LogP contribution in [0, 0.1) is 5.92 Å².